The summed E-state index contributed by atoms with van der Waals surface area (Å²) in [6, 6.07) is 0.158. The second-order valence-corrected chi connectivity index (χ2v) is 6.81. The van der Waals surface area contributed by atoms with Gasteiger partial charge in [-0.3, -0.25) is 9.69 Å². The van der Waals surface area contributed by atoms with Crippen molar-refractivity contribution in [3.05, 3.63) is 0 Å². The van der Waals surface area contributed by atoms with Crippen LogP contribution in [0.4, 0.5) is 0 Å². The van der Waals surface area contributed by atoms with E-state index in [2.05, 4.69) is 41.3 Å². The maximum absolute atomic E-state index is 12.1. The summed E-state index contributed by atoms with van der Waals surface area (Å²) in [6.45, 7) is 11.7. The molecule has 2 N–H and O–H groups in total. The van der Waals surface area contributed by atoms with Crippen molar-refractivity contribution in [3.63, 3.8) is 0 Å². The second kappa shape index (κ2) is 7.54. The van der Waals surface area contributed by atoms with Gasteiger partial charge in [-0.15, -0.1) is 0 Å². The number of nitrogens with one attached hydrogen (secondary N) is 2. The summed E-state index contributed by atoms with van der Waals surface area (Å²) < 4.78 is 5.38. The Balaban J connectivity index is 1.71. The van der Waals surface area contributed by atoms with E-state index < -0.39 is 0 Å². The molecule has 0 aromatic rings. The van der Waals surface area contributed by atoms with Crippen molar-refractivity contribution in [2.75, 3.05) is 59.5 Å². The van der Waals surface area contributed by atoms with Crippen LogP contribution in [0.15, 0.2) is 0 Å². The van der Waals surface area contributed by atoms with Crippen LogP contribution in [0, 0.1) is 0 Å². The number of carbonyl (C=O) groups is 1. The van der Waals surface area contributed by atoms with Crippen molar-refractivity contribution in [1.82, 2.24) is 20.4 Å². The molecule has 21 heavy (non-hydrogen) atoms. The lowest BCUT2D eigenvalue weighted by molar-refractivity contribution is -0.123. The first-order chi connectivity index (χ1) is 9.97. The highest BCUT2D eigenvalue weighted by Gasteiger charge is 2.29. The molecule has 1 atom stereocenters. The first kappa shape index (κ1) is 16.7. The zero-order chi connectivity index (χ0) is 15.3. The smallest absolute Gasteiger partial charge is 0.221 e. The van der Waals surface area contributed by atoms with Crippen LogP contribution < -0.4 is 10.6 Å². The fourth-order valence-electron chi connectivity index (χ4n) is 2.89. The van der Waals surface area contributed by atoms with Gasteiger partial charge in [0.15, 0.2) is 0 Å². The zero-order valence-electron chi connectivity index (χ0n) is 13.7. The van der Waals surface area contributed by atoms with E-state index in [9.17, 15) is 4.79 Å². The van der Waals surface area contributed by atoms with E-state index in [0.29, 0.717) is 19.6 Å². The molecule has 0 aliphatic carbocycles. The van der Waals surface area contributed by atoms with Gasteiger partial charge in [0.2, 0.25) is 5.91 Å². The summed E-state index contributed by atoms with van der Waals surface area (Å²) in [5, 5.41) is 6.40. The molecule has 2 rings (SSSR count). The van der Waals surface area contributed by atoms with E-state index in [1.54, 1.807) is 0 Å². The van der Waals surface area contributed by atoms with Gasteiger partial charge in [-0.2, -0.15) is 0 Å². The van der Waals surface area contributed by atoms with Crippen LogP contribution in [-0.2, 0) is 9.53 Å². The van der Waals surface area contributed by atoms with Gasteiger partial charge in [0, 0.05) is 57.3 Å². The summed E-state index contributed by atoms with van der Waals surface area (Å²) in [4.78, 5) is 16.9. The Bertz CT molecular complexity index is 335. The molecule has 0 bridgehead atoms. The summed E-state index contributed by atoms with van der Waals surface area (Å²) in [7, 11) is 2.16. The molecule has 0 spiro atoms. The average Bonchev–Trinajstić information content (AvgIpc) is 2.47. The van der Waals surface area contributed by atoms with Crippen LogP contribution in [0.25, 0.3) is 0 Å². The number of nitrogens with zero attached hydrogens (tertiary/aromatic N) is 2. The maximum Gasteiger partial charge on any atom is 0.221 e. The van der Waals surface area contributed by atoms with E-state index in [4.69, 9.17) is 4.74 Å². The van der Waals surface area contributed by atoms with Crippen molar-refractivity contribution >= 4 is 5.91 Å². The SMILES string of the molecule is CN1CCN(C(C)(C)CNC(=O)CC2COCCN2)CC1. The third kappa shape index (κ3) is 5.21. The standard InChI is InChI=1S/C15H30N4O2/c1-15(2,19-7-5-18(3)6-8-19)12-17-14(20)10-13-11-21-9-4-16-13/h13,16H,4-12H2,1-3H3,(H,17,20). The summed E-state index contributed by atoms with van der Waals surface area (Å²) in [6.07, 6.45) is 0.499. The molecule has 6 heteroatoms. The topological polar surface area (TPSA) is 56.8 Å². The third-order valence-corrected chi connectivity index (χ3v) is 4.51. The van der Waals surface area contributed by atoms with Gasteiger partial charge in [-0.05, 0) is 20.9 Å². The second-order valence-electron chi connectivity index (χ2n) is 6.81. The van der Waals surface area contributed by atoms with Crippen molar-refractivity contribution in [1.29, 1.82) is 0 Å². The van der Waals surface area contributed by atoms with Crippen molar-refractivity contribution < 1.29 is 9.53 Å². The maximum atomic E-state index is 12.1. The predicted octanol–water partition coefficient (Wildman–Crippen LogP) is -0.493. The van der Waals surface area contributed by atoms with Gasteiger partial charge < -0.3 is 20.3 Å². The number of rotatable bonds is 5. The van der Waals surface area contributed by atoms with E-state index in [1.165, 1.54) is 0 Å². The highest BCUT2D eigenvalue weighted by Crippen LogP contribution is 2.15. The normalized spacial score (nSPS) is 25.8. The number of ether oxygens (including phenoxy) is 1. The molecule has 1 amide bonds. The molecule has 2 aliphatic rings. The molecule has 2 aliphatic heterocycles. The number of likely N-dealkylation sites (N-methyl/N-ethyl adjacent to an activating group) is 1. The molecule has 0 radical (unpaired) electrons. The molecule has 0 aromatic heterocycles. The molecule has 2 saturated heterocycles. The number of piperazine rings is 1. The Morgan fingerprint density at radius 2 is 2.05 bits per heavy atom. The van der Waals surface area contributed by atoms with Gasteiger partial charge in [-0.25, -0.2) is 0 Å². The molecule has 0 aromatic carbocycles. The van der Waals surface area contributed by atoms with Crippen molar-refractivity contribution in [3.8, 4) is 0 Å². The van der Waals surface area contributed by atoms with Gasteiger partial charge in [-0.1, -0.05) is 0 Å². The lowest BCUT2D eigenvalue weighted by Gasteiger charge is -2.43. The van der Waals surface area contributed by atoms with Crippen molar-refractivity contribution in [2.45, 2.75) is 31.8 Å². The number of amides is 1. The molecule has 122 valence electrons. The lowest BCUT2D eigenvalue weighted by atomic mass is 10.0. The third-order valence-electron chi connectivity index (χ3n) is 4.51. The minimum atomic E-state index is 0.00735. The molecule has 2 heterocycles. The van der Waals surface area contributed by atoms with Crippen LogP contribution in [0.3, 0.4) is 0 Å². The Morgan fingerprint density at radius 3 is 2.67 bits per heavy atom. The van der Waals surface area contributed by atoms with Gasteiger partial charge in [0.25, 0.3) is 0 Å². The van der Waals surface area contributed by atoms with Crippen molar-refractivity contribution in [2.24, 2.45) is 0 Å². The number of morpholine rings is 1. The molecule has 6 nitrogen and oxygen atoms in total. The Morgan fingerprint density at radius 1 is 1.33 bits per heavy atom. The molecular formula is C15H30N4O2. The predicted molar refractivity (Wildman–Crippen MR) is 83.4 cm³/mol. The van der Waals surface area contributed by atoms with Crippen LogP contribution >= 0.6 is 0 Å². The quantitative estimate of drug-likeness (QED) is 0.717. The van der Waals surface area contributed by atoms with E-state index in [0.717, 1.165) is 39.3 Å². The first-order valence-electron chi connectivity index (χ1n) is 7.99. The Hall–Kier alpha value is -0.690. The summed E-state index contributed by atoms with van der Waals surface area (Å²) in [5.41, 5.74) is 0.00735. The van der Waals surface area contributed by atoms with E-state index >= 15 is 0 Å². The van der Waals surface area contributed by atoms with Gasteiger partial charge >= 0.3 is 0 Å². The zero-order valence-corrected chi connectivity index (χ0v) is 13.7. The average molecular weight is 298 g/mol. The largest absolute Gasteiger partial charge is 0.378 e. The van der Waals surface area contributed by atoms with Gasteiger partial charge in [0.1, 0.15) is 0 Å². The van der Waals surface area contributed by atoms with Crippen LogP contribution in [0.1, 0.15) is 20.3 Å². The van der Waals surface area contributed by atoms with Crippen LogP contribution in [0.5, 0.6) is 0 Å². The fraction of sp³-hybridized carbons (Fsp3) is 0.933. The van der Waals surface area contributed by atoms with Crippen LogP contribution in [-0.4, -0.2) is 86.8 Å². The lowest BCUT2D eigenvalue weighted by Crippen LogP contribution is -2.58. The molecule has 1 unspecified atom stereocenters. The van der Waals surface area contributed by atoms with Crippen LogP contribution in [0.2, 0.25) is 0 Å². The summed E-state index contributed by atoms with van der Waals surface area (Å²) in [5.74, 6) is 0.111. The number of hydrogen-bond acceptors (Lipinski definition) is 5. The highest BCUT2D eigenvalue weighted by molar-refractivity contribution is 5.76. The highest BCUT2D eigenvalue weighted by atomic mass is 16.5. The Kier molecular flexibility index (Phi) is 5.98. The number of hydrogen-bond donors (Lipinski definition) is 2. The minimum Gasteiger partial charge on any atom is -0.378 e. The molecular weight excluding hydrogens is 268 g/mol. The summed E-state index contributed by atoms with van der Waals surface area (Å²) >= 11 is 0. The first-order valence-corrected chi connectivity index (χ1v) is 7.99. The fourth-order valence-corrected chi connectivity index (χ4v) is 2.89. The molecule has 2 fully saturated rings. The van der Waals surface area contributed by atoms with E-state index in [1.807, 2.05) is 0 Å². The molecule has 0 saturated carbocycles. The number of carbonyl (C=O) groups excluding carboxylic acids is 1. The van der Waals surface area contributed by atoms with Gasteiger partial charge in [0.05, 0.1) is 13.2 Å². The minimum absolute atomic E-state index is 0.00735. The van der Waals surface area contributed by atoms with E-state index in [-0.39, 0.29) is 17.5 Å². The Labute approximate surface area is 128 Å². The monoisotopic (exact) mass is 298 g/mol.